The second kappa shape index (κ2) is 6.60. The average molecular weight is 381 g/mol. The monoisotopic (exact) mass is 380 g/mol. The zero-order valence-corrected chi connectivity index (χ0v) is 15.4. The molecule has 128 valence electrons. The zero-order chi connectivity index (χ0) is 18.3. The highest BCUT2D eigenvalue weighted by Gasteiger charge is 2.16. The molecule has 0 bridgehead atoms. The summed E-state index contributed by atoms with van der Waals surface area (Å²) in [7, 11) is 0. The average Bonchev–Trinajstić information content (AvgIpc) is 2.62. The molecule has 26 heavy (non-hydrogen) atoms. The van der Waals surface area contributed by atoms with Gasteiger partial charge in [0.2, 0.25) is 0 Å². The molecule has 3 aromatic carbocycles. The number of fused-ring (bicyclic) bond motifs is 1. The molecule has 4 aromatic rings. The third kappa shape index (κ3) is 2.90. The van der Waals surface area contributed by atoms with Crippen LogP contribution in [0.3, 0.4) is 0 Å². The van der Waals surface area contributed by atoms with Crippen LogP contribution in [0.4, 0.5) is 0 Å². The summed E-state index contributed by atoms with van der Waals surface area (Å²) in [4.78, 5) is 18.0. The molecule has 0 unspecified atom stereocenters. The number of aromatic nitrogens is 2. The molecule has 0 aliphatic carbocycles. The van der Waals surface area contributed by atoms with Crippen LogP contribution >= 0.6 is 23.2 Å². The van der Waals surface area contributed by atoms with Crippen molar-refractivity contribution in [3.05, 3.63) is 92.7 Å². The summed E-state index contributed by atoms with van der Waals surface area (Å²) < 4.78 is 1.60. The number of rotatable bonds is 2. The van der Waals surface area contributed by atoms with E-state index in [2.05, 4.69) is 0 Å². The van der Waals surface area contributed by atoms with Gasteiger partial charge >= 0.3 is 0 Å². The van der Waals surface area contributed by atoms with Crippen LogP contribution in [0.2, 0.25) is 10.0 Å². The molecule has 0 aliphatic rings. The van der Waals surface area contributed by atoms with Gasteiger partial charge in [0.15, 0.2) is 0 Å². The van der Waals surface area contributed by atoms with Gasteiger partial charge in [-0.3, -0.25) is 9.36 Å². The van der Waals surface area contributed by atoms with Gasteiger partial charge in [0, 0.05) is 10.6 Å². The largest absolute Gasteiger partial charge is 0.268 e. The van der Waals surface area contributed by atoms with Gasteiger partial charge < -0.3 is 0 Å². The van der Waals surface area contributed by atoms with E-state index >= 15 is 0 Å². The SMILES string of the molecule is Cc1cccc(-n2c(-c3ccc(Cl)cc3Cl)nc3ccccc3c2=O)c1. The minimum absolute atomic E-state index is 0.137. The van der Waals surface area contributed by atoms with Crippen molar-refractivity contribution < 1.29 is 0 Å². The van der Waals surface area contributed by atoms with E-state index in [0.29, 0.717) is 32.3 Å². The van der Waals surface area contributed by atoms with E-state index in [1.54, 1.807) is 28.8 Å². The Morgan fingerprint density at radius 2 is 1.73 bits per heavy atom. The van der Waals surface area contributed by atoms with Crippen molar-refractivity contribution in [3.8, 4) is 17.1 Å². The molecule has 1 heterocycles. The second-order valence-electron chi connectivity index (χ2n) is 6.06. The predicted octanol–water partition coefficient (Wildman–Crippen LogP) is 5.67. The standard InChI is InChI=1S/C21H14Cl2N2O/c1-13-5-4-6-15(11-13)25-20(16-10-9-14(22)12-18(16)23)24-19-8-3-2-7-17(19)21(25)26/h2-12H,1H3. The van der Waals surface area contributed by atoms with E-state index in [1.165, 1.54) is 0 Å². The van der Waals surface area contributed by atoms with E-state index < -0.39 is 0 Å². The van der Waals surface area contributed by atoms with Gasteiger partial charge in [-0.2, -0.15) is 0 Å². The molecule has 0 saturated heterocycles. The van der Waals surface area contributed by atoms with Gasteiger partial charge in [-0.25, -0.2) is 4.98 Å². The molecule has 0 spiro atoms. The van der Waals surface area contributed by atoms with Gasteiger partial charge in [-0.1, -0.05) is 47.5 Å². The molecule has 0 amide bonds. The Labute approximate surface area is 160 Å². The van der Waals surface area contributed by atoms with Crippen LogP contribution in [0.5, 0.6) is 0 Å². The summed E-state index contributed by atoms with van der Waals surface area (Å²) in [5, 5.41) is 1.54. The van der Waals surface area contributed by atoms with Gasteiger partial charge in [-0.15, -0.1) is 0 Å². The number of halogens is 2. The molecule has 3 nitrogen and oxygen atoms in total. The molecule has 0 atom stereocenters. The van der Waals surface area contributed by atoms with Crippen molar-refractivity contribution in [1.29, 1.82) is 0 Å². The fourth-order valence-corrected chi connectivity index (χ4v) is 3.48. The van der Waals surface area contributed by atoms with Crippen molar-refractivity contribution >= 4 is 34.1 Å². The van der Waals surface area contributed by atoms with Crippen LogP contribution in [0.1, 0.15) is 5.56 Å². The fourth-order valence-electron chi connectivity index (χ4n) is 2.99. The summed E-state index contributed by atoms with van der Waals surface area (Å²) in [6.45, 7) is 1.98. The molecule has 0 radical (unpaired) electrons. The van der Waals surface area contributed by atoms with Gasteiger partial charge in [0.1, 0.15) is 5.82 Å². The van der Waals surface area contributed by atoms with Crippen molar-refractivity contribution in [3.63, 3.8) is 0 Å². The molecule has 0 saturated carbocycles. The van der Waals surface area contributed by atoms with E-state index in [9.17, 15) is 4.79 Å². The molecule has 0 N–H and O–H groups in total. The topological polar surface area (TPSA) is 34.9 Å². The lowest BCUT2D eigenvalue weighted by Crippen LogP contribution is -2.22. The Morgan fingerprint density at radius 1 is 0.923 bits per heavy atom. The van der Waals surface area contributed by atoms with Crippen LogP contribution in [0.25, 0.3) is 28.0 Å². The van der Waals surface area contributed by atoms with Crippen molar-refractivity contribution in [1.82, 2.24) is 9.55 Å². The molecule has 5 heteroatoms. The van der Waals surface area contributed by atoms with Crippen molar-refractivity contribution in [2.75, 3.05) is 0 Å². The van der Waals surface area contributed by atoms with Crippen LogP contribution in [-0.2, 0) is 0 Å². The van der Waals surface area contributed by atoms with Crippen LogP contribution < -0.4 is 5.56 Å². The summed E-state index contributed by atoms with van der Waals surface area (Å²) in [5.41, 5.74) is 2.94. The third-order valence-electron chi connectivity index (χ3n) is 4.21. The van der Waals surface area contributed by atoms with E-state index in [1.807, 2.05) is 49.4 Å². The molecule has 0 aliphatic heterocycles. The number of para-hydroxylation sites is 1. The lowest BCUT2D eigenvalue weighted by molar-refractivity contribution is 0.974. The highest BCUT2D eigenvalue weighted by molar-refractivity contribution is 6.36. The van der Waals surface area contributed by atoms with E-state index in [4.69, 9.17) is 28.2 Å². The number of hydrogen-bond acceptors (Lipinski definition) is 2. The maximum Gasteiger partial charge on any atom is 0.266 e. The number of benzene rings is 3. The first-order valence-electron chi connectivity index (χ1n) is 8.09. The fraction of sp³-hybridized carbons (Fsp3) is 0.0476. The maximum absolute atomic E-state index is 13.3. The Hall–Kier alpha value is -2.62. The highest BCUT2D eigenvalue weighted by atomic mass is 35.5. The van der Waals surface area contributed by atoms with Crippen LogP contribution in [0, 0.1) is 6.92 Å². The molecule has 0 fully saturated rings. The van der Waals surface area contributed by atoms with Crippen molar-refractivity contribution in [2.45, 2.75) is 6.92 Å². The van der Waals surface area contributed by atoms with Crippen molar-refractivity contribution in [2.24, 2.45) is 0 Å². The summed E-state index contributed by atoms with van der Waals surface area (Å²) >= 11 is 12.5. The minimum atomic E-state index is -0.137. The van der Waals surface area contributed by atoms with Crippen LogP contribution in [0.15, 0.2) is 71.5 Å². The Morgan fingerprint density at radius 3 is 2.50 bits per heavy atom. The maximum atomic E-state index is 13.3. The minimum Gasteiger partial charge on any atom is -0.268 e. The van der Waals surface area contributed by atoms with Gasteiger partial charge in [-0.05, 0) is 55.0 Å². The number of hydrogen-bond donors (Lipinski definition) is 0. The second-order valence-corrected chi connectivity index (χ2v) is 6.90. The quantitative estimate of drug-likeness (QED) is 0.449. The molecule has 4 rings (SSSR count). The number of nitrogens with zero attached hydrogens (tertiary/aromatic N) is 2. The van der Waals surface area contributed by atoms with E-state index in [0.717, 1.165) is 11.3 Å². The zero-order valence-electron chi connectivity index (χ0n) is 13.9. The Bertz CT molecular complexity index is 1200. The van der Waals surface area contributed by atoms with Gasteiger partial charge in [0.05, 0.1) is 21.6 Å². The normalized spacial score (nSPS) is 11.0. The van der Waals surface area contributed by atoms with Gasteiger partial charge in [0.25, 0.3) is 5.56 Å². The third-order valence-corrected chi connectivity index (χ3v) is 4.76. The summed E-state index contributed by atoms with van der Waals surface area (Å²) in [6.07, 6.45) is 0. The Kier molecular flexibility index (Phi) is 4.27. The summed E-state index contributed by atoms with van der Waals surface area (Å²) in [6, 6.07) is 20.2. The molecular formula is C21H14Cl2N2O. The van der Waals surface area contributed by atoms with E-state index in [-0.39, 0.29) is 5.56 Å². The summed E-state index contributed by atoms with van der Waals surface area (Å²) in [5.74, 6) is 0.487. The Balaban J connectivity index is 2.14. The predicted molar refractivity (Wildman–Crippen MR) is 108 cm³/mol. The molecule has 1 aromatic heterocycles. The first-order valence-corrected chi connectivity index (χ1v) is 8.84. The smallest absolute Gasteiger partial charge is 0.266 e. The van der Waals surface area contributed by atoms with Crippen LogP contribution in [-0.4, -0.2) is 9.55 Å². The first-order chi connectivity index (χ1) is 12.5. The number of aryl methyl sites for hydroxylation is 1. The lowest BCUT2D eigenvalue weighted by Gasteiger charge is -2.15. The lowest BCUT2D eigenvalue weighted by atomic mass is 10.1. The molecular weight excluding hydrogens is 367 g/mol. The first kappa shape index (κ1) is 16.8. The highest BCUT2D eigenvalue weighted by Crippen LogP contribution is 2.30.